The molecule has 18 heavy (non-hydrogen) atoms. The highest BCUT2D eigenvalue weighted by Crippen LogP contribution is 2.22. The fourth-order valence-electron chi connectivity index (χ4n) is 0.793. The molecule has 0 saturated heterocycles. The monoisotopic (exact) mass is 275 g/mol. The minimum absolute atomic E-state index is 0. The van der Waals surface area contributed by atoms with E-state index in [0.717, 1.165) is 0 Å². The summed E-state index contributed by atoms with van der Waals surface area (Å²) in [7, 11) is 0. The fourth-order valence-corrected chi connectivity index (χ4v) is 0.793. The average Bonchev–Trinajstić information content (AvgIpc) is 2.24. The van der Waals surface area contributed by atoms with E-state index in [1.807, 2.05) is 0 Å². The molecule has 5 N–H and O–H groups in total. The van der Waals surface area contributed by atoms with Crippen LogP contribution in [0.1, 0.15) is 17.3 Å². The second kappa shape index (κ2) is 7.56. The maximum Gasteiger partial charge on any atom is 0.341 e. The van der Waals surface area contributed by atoms with Crippen LogP contribution in [0.15, 0.2) is 0 Å². The lowest BCUT2D eigenvalue weighted by molar-refractivity contribution is 0.0682. The van der Waals surface area contributed by atoms with Gasteiger partial charge in [-0.25, -0.2) is 26.7 Å². The van der Waals surface area contributed by atoms with Crippen molar-refractivity contribution in [3.8, 4) is 0 Å². The summed E-state index contributed by atoms with van der Waals surface area (Å²) < 4.78 is 62.1. The van der Waals surface area contributed by atoms with Crippen LogP contribution in [-0.2, 0) is 0 Å². The van der Waals surface area contributed by atoms with Gasteiger partial charge in [-0.2, -0.15) is 0 Å². The standard InChI is InChI=1S/C7HF5O2.C2H6O.H3N/c8-2-1(7(13)14)3(9)5(11)6(12)4(2)10;1-2-3;/h(H,13,14);3H,2H2,1H3;1H3. The molecule has 0 radical (unpaired) electrons. The van der Waals surface area contributed by atoms with Crippen molar-refractivity contribution in [2.24, 2.45) is 0 Å². The molecule has 0 aliphatic carbocycles. The molecule has 0 heterocycles. The molecular weight excluding hydrogens is 265 g/mol. The fraction of sp³-hybridized carbons (Fsp3) is 0.222. The highest BCUT2D eigenvalue weighted by atomic mass is 19.2. The zero-order valence-corrected chi connectivity index (χ0v) is 9.11. The molecule has 9 heteroatoms. The molecule has 4 nitrogen and oxygen atoms in total. The number of halogens is 5. The van der Waals surface area contributed by atoms with Crippen LogP contribution >= 0.6 is 0 Å². The summed E-state index contributed by atoms with van der Waals surface area (Å²) in [6.07, 6.45) is 0. The first-order valence-electron chi connectivity index (χ1n) is 4.15. The normalized spacial score (nSPS) is 9.06. The smallest absolute Gasteiger partial charge is 0.341 e. The Hall–Kier alpha value is -1.74. The Bertz CT molecular complexity index is 410. The van der Waals surface area contributed by atoms with E-state index in [4.69, 9.17) is 10.2 Å². The molecule has 0 fully saturated rings. The van der Waals surface area contributed by atoms with Crippen molar-refractivity contribution >= 4 is 5.97 Å². The summed E-state index contributed by atoms with van der Waals surface area (Å²) in [4.78, 5) is 10.1. The van der Waals surface area contributed by atoms with Gasteiger partial charge in [-0.1, -0.05) is 0 Å². The summed E-state index contributed by atoms with van der Waals surface area (Å²) in [5.41, 5.74) is -1.86. The third-order valence-electron chi connectivity index (χ3n) is 1.42. The Morgan fingerprint density at radius 1 is 0.944 bits per heavy atom. The topological polar surface area (TPSA) is 92.5 Å². The Labute approximate surface area is 98.2 Å². The lowest BCUT2D eigenvalue weighted by Crippen LogP contribution is -2.11. The number of aromatic carboxylic acids is 1. The first-order chi connectivity index (χ1) is 7.79. The van der Waals surface area contributed by atoms with Crippen LogP contribution in [0.3, 0.4) is 0 Å². The number of benzene rings is 1. The van der Waals surface area contributed by atoms with E-state index in [1.165, 1.54) is 0 Å². The van der Waals surface area contributed by atoms with Gasteiger partial charge in [0.15, 0.2) is 23.3 Å². The maximum atomic E-state index is 12.6. The number of aliphatic hydroxyl groups is 1. The summed E-state index contributed by atoms with van der Waals surface area (Å²) in [6.45, 7) is 1.93. The van der Waals surface area contributed by atoms with Crippen molar-refractivity contribution in [3.05, 3.63) is 34.6 Å². The predicted octanol–water partition coefficient (Wildman–Crippen LogP) is 2.24. The molecule has 0 aromatic heterocycles. The summed E-state index contributed by atoms with van der Waals surface area (Å²) in [5, 5.41) is 15.7. The quantitative estimate of drug-likeness (QED) is 0.416. The molecule has 0 amide bonds. The van der Waals surface area contributed by atoms with Crippen molar-refractivity contribution in [1.82, 2.24) is 6.15 Å². The van der Waals surface area contributed by atoms with Gasteiger partial charge in [0, 0.05) is 6.61 Å². The largest absolute Gasteiger partial charge is 0.477 e. The summed E-state index contributed by atoms with van der Waals surface area (Å²) in [5.74, 6) is -13.9. The maximum absolute atomic E-state index is 12.6. The van der Waals surface area contributed by atoms with E-state index in [1.54, 1.807) is 6.92 Å². The molecule has 1 rings (SSSR count). The Morgan fingerprint density at radius 2 is 1.17 bits per heavy atom. The van der Waals surface area contributed by atoms with Gasteiger partial charge in [-0.05, 0) is 6.92 Å². The molecule has 1 aromatic carbocycles. The molecule has 0 aliphatic rings. The Morgan fingerprint density at radius 3 is 1.39 bits per heavy atom. The summed E-state index contributed by atoms with van der Waals surface area (Å²) >= 11 is 0. The molecule has 0 unspecified atom stereocenters. The van der Waals surface area contributed by atoms with Crippen LogP contribution < -0.4 is 6.15 Å². The third-order valence-corrected chi connectivity index (χ3v) is 1.42. The second-order valence-corrected chi connectivity index (χ2v) is 2.57. The van der Waals surface area contributed by atoms with Crippen LogP contribution in [0, 0.1) is 29.1 Å². The van der Waals surface area contributed by atoms with Gasteiger partial charge in [-0.3, -0.25) is 0 Å². The van der Waals surface area contributed by atoms with Gasteiger partial charge in [-0.15, -0.1) is 0 Å². The van der Waals surface area contributed by atoms with E-state index < -0.39 is 40.6 Å². The highest BCUT2D eigenvalue weighted by molar-refractivity contribution is 5.88. The first kappa shape index (κ1) is 18.6. The van der Waals surface area contributed by atoms with E-state index in [0.29, 0.717) is 0 Å². The molecule has 0 aliphatic heterocycles. The third kappa shape index (κ3) is 3.64. The van der Waals surface area contributed by atoms with E-state index in [9.17, 15) is 26.7 Å². The van der Waals surface area contributed by atoms with Gasteiger partial charge in [0.25, 0.3) is 0 Å². The lowest BCUT2D eigenvalue weighted by atomic mass is 10.1. The predicted molar refractivity (Wildman–Crippen MR) is 51.0 cm³/mol. The van der Waals surface area contributed by atoms with E-state index in [2.05, 4.69) is 0 Å². The Balaban J connectivity index is 0. The number of hydrogen-bond acceptors (Lipinski definition) is 3. The number of hydrogen-bond donors (Lipinski definition) is 3. The van der Waals surface area contributed by atoms with Crippen LogP contribution in [0.4, 0.5) is 22.0 Å². The number of aliphatic hydroxyl groups excluding tert-OH is 1. The molecule has 1 aromatic rings. The molecule has 0 bridgehead atoms. The second-order valence-electron chi connectivity index (χ2n) is 2.57. The van der Waals surface area contributed by atoms with Gasteiger partial charge < -0.3 is 16.4 Å². The van der Waals surface area contributed by atoms with Gasteiger partial charge in [0.05, 0.1) is 0 Å². The minimum Gasteiger partial charge on any atom is -0.477 e. The van der Waals surface area contributed by atoms with Crippen molar-refractivity contribution in [2.75, 3.05) is 6.61 Å². The minimum atomic E-state index is -2.38. The summed E-state index contributed by atoms with van der Waals surface area (Å²) in [6, 6.07) is 0. The lowest BCUT2D eigenvalue weighted by Gasteiger charge is -2.03. The molecule has 0 spiro atoms. The number of carboxylic acid groups (broad SMARTS) is 1. The van der Waals surface area contributed by atoms with Crippen LogP contribution in [0.5, 0.6) is 0 Å². The molecular formula is C9H10F5NO3. The number of carbonyl (C=O) groups is 1. The van der Waals surface area contributed by atoms with E-state index >= 15 is 0 Å². The van der Waals surface area contributed by atoms with Gasteiger partial charge in [0.1, 0.15) is 5.56 Å². The molecule has 104 valence electrons. The van der Waals surface area contributed by atoms with Gasteiger partial charge >= 0.3 is 5.97 Å². The zero-order chi connectivity index (χ0) is 13.7. The zero-order valence-electron chi connectivity index (χ0n) is 9.11. The van der Waals surface area contributed by atoms with Crippen molar-refractivity contribution < 1.29 is 37.0 Å². The van der Waals surface area contributed by atoms with E-state index in [-0.39, 0.29) is 12.8 Å². The highest BCUT2D eigenvalue weighted by Gasteiger charge is 2.29. The van der Waals surface area contributed by atoms with Crippen LogP contribution in [-0.4, -0.2) is 22.8 Å². The van der Waals surface area contributed by atoms with Crippen molar-refractivity contribution in [1.29, 1.82) is 0 Å². The first-order valence-corrected chi connectivity index (χ1v) is 4.15. The Kier molecular flexibility index (Phi) is 7.82. The average molecular weight is 275 g/mol. The van der Waals surface area contributed by atoms with Crippen LogP contribution in [0.2, 0.25) is 0 Å². The van der Waals surface area contributed by atoms with Crippen LogP contribution in [0.25, 0.3) is 0 Å². The molecule has 0 atom stereocenters. The number of rotatable bonds is 1. The van der Waals surface area contributed by atoms with Gasteiger partial charge in [0.2, 0.25) is 5.82 Å². The SMILES string of the molecule is CCO.N.O=C(O)c1c(F)c(F)c(F)c(F)c1F. The van der Waals surface area contributed by atoms with Crippen molar-refractivity contribution in [2.45, 2.75) is 6.92 Å². The van der Waals surface area contributed by atoms with Crippen molar-refractivity contribution in [3.63, 3.8) is 0 Å². The number of carboxylic acids is 1. The molecule has 0 saturated carbocycles.